The van der Waals surface area contributed by atoms with Crippen LogP contribution in [0, 0.1) is 0 Å². The van der Waals surface area contributed by atoms with Crippen molar-refractivity contribution < 1.29 is 9.90 Å². The molecule has 1 heterocycles. The van der Waals surface area contributed by atoms with Gasteiger partial charge in [-0.3, -0.25) is 4.79 Å². The molecule has 1 amide bonds. The summed E-state index contributed by atoms with van der Waals surface area (Å²) in [7, 11) is 3.46. The van der Waals surface area contributed by atoms with Crippen LogP contribution in [0.25, 0.3) is 0 Å². The van der Waals surface area contributed by atoms with Crippen molar-refractivity contribution in [2.45, 2.75) is 32.0 Å². The molecule has 0 fully saturated rings. The van der Waals surface area contributed by atoms with Gasteiger partial charge in [0.05, 0.1) is 6.10 Å². The third kappa shape index (κ3) is 4.94. The quantitative estimate of drug-likeness (QED) is 0.734. The zero-order chi connectivity index (χ0) is 16.8. The van der Waals surface area contributed by atoms with Gasteiger partial charge in [0.25, 0.3) is 5.91 Å². The lowest BCUT2D eigenvalue weighted by Gasteiger charge is -2.18. The first-order valence-electron chi connectivity index (χ1n) is 7.83. The third-order valence-corrected chi connectivity index (χ3v) is 3.79. The van der Waals surface area contributed by atoms with Gasteiger partial charge >= 0.3 is 0 Å². The van der Waals surface area contributed by atoms with E-state index in [1.54, 1.807) is 25.1 Å². The lowest BCUT2D eigenvalue weighted by Crippen LogP contribution is -2.27. The van der Waals surface area contributed by atoms with Crippen LogP contribution < -0.4 is 5.32 Å². The second kappa shape index (κ2) is 7.94. The number of rotatable bonds is 7. The Balaban J connectivity index is 1.83. The summed E-state index contributed by atoms with van der Waals surface area (Å²) < 4.78 is 0. The second-order valence-electron chi connectivity index (χ2n) is 6.04. The van der Waals surface area contributed by atoms with Crippen LogP contribution in [-0.4, -0.2) is 41.0 Å². The normalized spacial score (nSPS) is 13.6. The summed E-state index contributed by atoms with van der Waals surface area (Å²) in [6, 6.07) is 13.5. The number of benzene rings is 1. The molecule has 0 aliphatic heterocycles. The number of hydrogen-bond donors (Lipinski definition) is 3. The predicted octanol–water partition coefficient (Wildman–Crippen LogP) is 2.32. The standard InChI is InChI=1S/C18H25N3O2/c1-13(11-17(22)14-7-5-4-6-8-14)19-12-15-9-10-16(20-15)18(23)21(2)3/h4-10,13,17,19-20,22H,11-12H2,1-3H3. The number of nitrogens with one attached hydrogen (secondary N) is 2. The molecule has 0 spiro atoms. The van der Waals surface area contributed by atoms with Gasteiger partial charge in [-0.15, -0.1) is 0 Å². The first kappa shape index (κ1) is 17.2. The Labute approximate surface area is 137 Å². The van der Waals surface area contributed by atoms with Crippen molar-refractivity contribution in [3.8, 4) is 0 Å². The van der Waals surface area contributed by atoms with Crippen LogP contribution in [0.5, 0.6) is 0 Å². The average Bonchev–Trinajstić information content (AvgIpc) is 3.01. The van der Waals surface area contributed by atoms with Gasteiger partial charge in [-0.25, -0.2) is 0 Å². The van der Waals surface area contributed by atoms with E-state index in [1.165, 1.54) is 0 Å². The molecule has 5 heteroatoms. The maximum atomic E-state index is 11.8. The van der Waals surface area contributed by atoms with Crippen LogP contribution in [0.1, 0.15) is 41.2 Å². The minimum absolute atomic E-state index is 0.0381. The molecule has 2 unspecified atom stereocenters. The lowest BCUT2D eigenvalue weighted by molar-refractivity contribution is 0.0822. The van der Waals surface area contributed by atoms with Crippen molar-refractivity contribution in [3.05, 3.63) is 59.4 Å². The highest BCUT2D eigenvalue weighted by Crippen LogP contribution is 2.17. The monoisotopic (exact) mass is 315 g/mol. The summed E-state index contributed by atoms with van der Waals surface area (Å²) in [6.07, 6.45) is 0.155. The molecule has 1 aromatic heterocycles. The summed E-state index contributed by atoms with van der Waals surface area (Å²) >= 11 is 0. The largest absolute Gasteiger partial charge is 0.388 e. The van der Waals surface area contributed by atoms with Crippen molar-refractivity contribution in [1.82, 2.24) is 15.2 Å². The second-order valence-corrected chi connectivity index (χ2v) is 6.04. The third-order valence-electron chi connectivity index (χ3n) is 3.79. The van der Waals surface area contributed by atoms with Crippen molar-refractivity contribution >= 4 is 5.91 Å². The van der Waals surface area contributed by atoms with Crippen molar-refractivity contribution in [2.24, 2.45) is 0 Å². The SMILES string of the molecule is CC(CC(O)c1ccccc1)NCc1ccc(C(=O)N(C)C)[nH]1. The number of carbonyl (C=O) groups excluding carboxylic acids is 1. The van der Waals surface area contributed by atoms with Gasteiger partial charge in [0.15, 0.2) is 0 Å². The van der Waals surface area contributed by atoms with Gasteiger partial charge in [0.2, 0.25) is 0 Å². The fraction of sp³-hybridized carbons (Fsp3) is 0.389. The number of carbonyl (C=O) groups is 1. The summed E-state index contributed by atoms with van der Waals surface area (Å²) in [4.78, 5) is 16.5. The molecule has 2 aromatic rings. The van der Waals surface area contributed by atoms with Crippen molar-refractivity contribution in [1.29, 1.82) is 0 Å². The van der Waals surface area contributed by atoms with E-state index in [4.69, 9.17) is 0 Å². The van der Waals surface area contributed by atoms with E-state index in [2.05, 4.69) is 10.3 Å². The number of aliphatic hydroxyl groups is 1. The Kier molecular flexibility index (Phi) is 5.96. The molecule has 23 heavy (non-hydrogen) atoms. The average molecular weight is 315 g/mol. The Morgan fingerprint density at radius 1 is 1.22 bits per heavy atom. The minimum Gasteiger partial charge on any atom is -0.388 e. The van der Waals surface area contributed by atoms with Crippen molar-refractivity contribution in [3.63, 3.8) is 0 Å². The van der Waals surface area contributed by atoms with Gasteiger partial charge in [-0.05, 0) is 31.0 Å². The van der Waals surface area contributed by atoms with Gasteiger partial charge < -0.3 is 20.3 Å². The molecule has 2 atom stereocenters. The number of aromatic amines is 1. The number of H-pyrrole nitrogens is 1. The number of amides is 1. The summed E-state index contributed by atoms with van der Waals surface area (Å²) in [5, 5.41) is 13.6. The van der Waals surface area contributed by atoms with Crippen LogP contribution in [0.2, 0.25) is 0 Å². The molecule has 3 N–H and O–H groups in total. The van der Waals surface area contributed by atoms with Gasteiger partial charge in [0, 0.05) is 32.4 Å². The van der Waals surface area contributed by atoms with E-state index in [-0.39, 0.29) is 11.9 Å². The maximum absolute atomic E-state index is 11.8. The molecular weight excluding hydrogens is 290 g/mol. The van der Waals surface area contributed by atoms with Crippen LogP contribution >= 0.6 is 0 Å². The number of hydrogen-bond acceptors (Lipinski definition) is 3. The minimum atomic E-state index is -0.478. The predicted molar refractivity (Wildman–Crippen MR) is 91.1 cm³/mol. The zero-order valence-electron chi connectivity index (χ0n) is 13.9. The molecule has 0 aliphatic rings. The van der Waals surface area contributed by atoms with Crippen LogP contribution in [0.4, 0.5) is 0 Å². The molecule has 0 aliphatic carbocycles. The Bertz CT molecular complexity index is 622. The molecule has 0 bridgehead atoms. The first-order chi connectivity index (χ1) is 11.0. The number of aromatic nitrogens is 1. The van der Waals surface area contributed by atoms with Crippen molar-refractivity contribution in [2.75, 3.05) is 14.1 Å². The Morgan fingerprint density at radius 3 is 2.57 bits per heavy atom. The Hall–Kier alpha value is -2.11. The maximum Gasteiger partial charge on any atom is 0.269 e. The summed E-state index contributed by atoms with van der Waals surface area (Å²) in [6.45, 7) is 2.67. The van der Waals surface area contributed by atoms with Crippen LogP contribution in [-0.2, 0) is 6.54 Å². The highest BCUT2D eigenvalue weighted by Gasteiger charge is 2.13. The first-order valence-corrected chi connectivity index (χ1v) is 7.83. The fourth-order valence-electron chi connectivity index (χ4n) is 2.42. The summed E-state index contributed by atoms with van der Waals surface area (Å²) in [5.41, 5.74) is 2.47. The van der Waals surface area contributed by atoms with Gasteiger partial charge in [-0.1, -0.05) is 30.3 Å². The molecular formula is C18H25N3O2. The van der Waals surface area contributed by atoms with E-state index in [1.807, 2.05) is 43.3 Å². The van der Waals surface area contributed by atoms with E-state index in [0.29, 0.717) is 18.7 Å². The van der Waals surface area contributed by atoms with E-state index in [0.717, 1.165) is 11.3 Å². The zero-order valence-corrected chi connectivity index (χ0v) is 13.9. The van der Waals surface area contributed by atoms with Gasteiger partial charge in [0.1, 0.15) is 5.69 Å². The van der Waals surface area contributed by atoms with Crippen LogP contribution in [0.15, 0.2) is 42.5 Å². The molecule has 0 saturated carbocycles. The fourth-order valence-corrected chi connectivity index (χ4v) is 2.42. The Morgan fingerprint density at radius 2 is 1.91 bits per heavy atom. The smallest absolute Gasteiger partial charge is 0.269 e. The highest BCUT2D eigenvalue weighted by molar-refractivity contribution is 5.92. The van der Waals surface area contributed by atoms with E-state index < -0.39 is 6.10 Å². The summed E-state index contributed by atoms with van der Waals surface area (Å²) in [5.74, 6) is -0.0381. The highest BCUT2D eigenvalue weighted by atomic mass is 16.3. The number of aliphatic hydroxyl groups excluding tert-OH is 1. The van der Waals surface area contributed by atoms with E-state index >= 15 is 0 Å². The molecule has 124 valence electrons. The van der Waals surface area contributed by atoms with Crippen LogP contribution in [0.3, 0.4) is 0 Å². The number of nitrogens with zero attached hydrogens (tertiary/aromatic N) is 1. The molecule has 0 radical (unpaired) electrons. The molecule has 1 aromatic carbocycles. The van der Waals surface area contributed by atoms with Gasteiger partial charge in [-0.2, -0.15) is 0 Å². The topological polar surface area (TPSA) is 68.4 Å². The lowest BCUT2D eigenvalue weighted by atomic mass is 10.0. The molecule has 5 nitrogen and oxygen atoms in total. The molecule has 2 rings (SSSR count). The molecule has 0 saturated heterocycles. The van der Waals surface area contributed by atoms with E-state index in [9.17, 15) is 9.90 Å².